The van der Waals surface area contributed by atoms with E-state index in [1.54, 1.807) is 0 Å². The Morgan fingerprint density at radius 1 is 1.06 bits per heavy atom. The fourth-order valence-electron chi connectivity index (χ4n) is 2.79. The van der Waals surface area contributed by atoms with Gasteiger partial charge in [-0.2, -0.15) is 0 Å². The first kappa shape index (κ1) is 11.6. The molecule has 4 nitrogen and oxygen atoms in total. The third-order valence-corrected chi connectivity index (χ3v) is 3.75. The quantitative estimate of drug-likeness (QED) is 0.557. The van der Waals surface area contributed by atoms with Gasteiger partial charge in [0.15, 0.2) is 0 Å². The summed E-state index contributed by atoms with van der Waals surface area (Å²) in [6.45, 7) is 1.29. The molecule has 1 aliphatic carbocycles. The SMILES string of the molecule is NCCCCCN1C(=O)C2CCC(C2)C1=O. The summed E-state index contributed by atoms with van der Waals surface area (Å²) >= 11 is 0. The van der Waals surface area contributed by atoms with E-state index in [9.17, 15) is 9.59 Å². The standard InChI is InChI=1S/C12H20N2O2/c13-6-2-1-3-7-14-11(15)9-4-5-10(8-9)12(14)16/h9-10H,1-8,13H2. The van der Waals surface area contributed by atoms with Crippen LogP contribution in [-0.2, 0) is 9.59 Å². The number of carbonyl (C=O) groups is 2. The molecule has 1 saturated heterocycles. The zero-order valence-electron chi connectivity index (χ0n) is 9.65. The second-order valence-electron chi connectivity index (χ2n) is 4.88. The third-order valence-electron chi connectivity index (χ3n) is 3.75. The van der Waals surface area contributed by atoms with E-state index < -0.39 is 0 Å². The Kier molecular flexibility index (Phi) is 3.59. The fourth-order valence-corrected chi connectivity index (χ4v) is 2.79. The summed E-state index contributed by atoms with van der Waals surface area (Å²) in [5.41, 5.74) is 5.41. The number of nitrogens with two attached hydrogens (primary N) is 1. The number of unbranched alkanes of at least 4 members (excludes halogenated alkanes) is 2. The molecular formula is C12H20N2O2. The highest BCUT2D eigenvalue weighted by Crippen LogP contribution is 2.38. The molecule has 90 valence electrons. The lowest BCUT2D eigenvalue weighted by Gasteiger charge is -2.29. The van der Waals surface area contributed by atoms with Crippen molar-refractivity contribution >= 4 is 11.8 Å². The van der Waals surface area contributed by atoms with Crippen LogP contribution in [0.2, 0.25) is 0 Å². The summed E-state index contributed by atoms with van der Waals surface area (Å²) in [6.07, 6.45) is 5.50. The number of amides is 2. The Bertz CT molecular complexity index is 269. The molecule has 2 atom stereocenters. The lowest BCUT2D eigenvalue weighted by Crippen LogP contribution is -2.46. The van der Waals surface area contributed by atoms with Gasteiger partial charge in [0.25, 0.3) is 0 Å². The van der Waals surface area contributed by atoms with Crippen molar-refractivity contribution in [3.8, 4) is 0 Å². The number of piperidine rings is 1. The largest absolute Gasteiger partial charge is 0.330 e. The number of imide groups is 1. The molecule has 2 unspecified atom stereocenters. The summed E-state index contributed by atoms with van der Waals surface area (Å²) in [4.78, 5) is 25.4. The van der Waals surface area contributed by atoms with Crippen molar-refractivity contribution in [2.45, 2.75) is 38.5 Å². The first-order chi connectivity index (χ1) is 7.74. The molecule has 0 aromatic rings. The van der Waals surface area contributed by atoms with Crippen LogP contribution in [0, 0.1) is 11.8 Å². The molecule has 2 bridgehead atoms. The van der Waals surface area contributed by atoms with Gasteiger partial charge in [0, 0.05) is 18.4 Å². The average molecular weight is 224 g/mol. The van der Waals surface area contributed by atoms with E-state index in [2.05, 4.69) is 0 Å². The highest BCUT2D eigenvalue weighted by atomic mass is 16.2. The maximum absolute atomic E-state index is 11.9. The molecule has 2 N–H and O–H groups in total. The van der Waals surface area contributed by atoms with Crippen molar-refractivity contribution in [2.75, 3.05) is 13.1 Å². The Balaban J connectivity index is 1.88. The smallest absolute Gasteiger partial charge is 0.232 e. The molecule has 1 aliphatic heterocycles. The number of hydrogen-bond acceptors (Lipinski definition) is 3. The summed E-state index contributed by atoms with van der Waals surface area (Å²) in [7, 11) is 0. The Hall–Kier alpha value is -0.900. The molecular weight excluding hydrogens is 204 g/mol. The van der Waals surface area contributed by atoms with Gasteiger partial charge in [-0.25, -0.2) is 0 Å². The van der Waals surface area contributed by atoms with Crippen LogP contribution in [0.4, 0.5) is 0 Å². The zero-order chi connectivity index (χ0) is 11.5. The fraction of sp³-hybridized carbons (Fsp3) is 0.833. The van der Waals surface area contributed by atoms with Gasteiger partial charge in [-0.3, -0.25) is 14.5 Å². The lowest BCUT2D eigenvalue weighted by molar-refractivity contribution is -0.152. The predicted octanol–water partition coefficient (Wildman–Crippen LogP) is 0.900. The van der Waals surface area contributed by atoms with Crippen LogP contribution in [0.15, 0.2) is 0 Å². The van der Waals surface area contributed by atoms with E-state index >= 15 is 0 Å². The summed E-state index contributed by atoms with van der Waals surface area (Å²) in [5, 5.41) is 0. The van der Waals surface area contributed by atoms with Crippen LogP contribution in [0.25, 0.3) is 0 Å². The summed E-state index contributed by atoms with van der Waals surface area (Å²) in [6, 6.07) is 0. The number of hydrogen-bond donors (Lipinski definition) is 1. The minimum Gasteiger partial charge on any atom is -0.330 e. The topological polar surface area (TPSA) is 63.4 Å². The Labute approximate surface area is 96.2 Å². The van der Waals surface area contributed by atoms with Crippen molar-refractivity contribution in [1.29, 1.82) is 0 Å². The first-order valence-electron chi connectivity index (χ1n) is 6.29. The van der Waals surface area contributed by atoms with Crippen molar-refractivity contribution in [3.63, 3.8) is 0 Å². The van der Waals surface area contributed by atoms with Gasteiger partial charge in [0.2, 0.25) is 11.8 Å². The number of nitrogens with zero attached hydrogens (tertiary/aromatic N) is 1. The average Bonchev–Trinajstić information content (AvgIpc) is 2.72. The number of rotatable bonds is 5. The van der Waals surface area contributed by atoms with E-state index in [0.717, 1.165) is 38.5 Å². The second kappa shape index (κ2) is 4.95. The maximum Gasteiger partial charge on any atom is 0.232 e. The molecule has 2 fully saturated rings. The Morgan fingerprint density at radius 3 is 2.25 bits per heavy atom. The first-order valence-corrected chi connectivity index (χ1v) is 6.29. The van der Waals surface area contributed by atoms with E-state index in [1.807, 2.05) is 0 Å². The lowest BCUT2D eigenvalue weighted by atomic mass is 9.97. The zero-order valence-corrected chi connectivity index (χ0v) is 9.65. The van der Waals surface area contributed by atoms with E-state index in [4.69, 9.17) is 5.73 Å². The number of fused-ring (bicyclic) bond motifs is 2. The summed E-state index contributed by atoms with van der Waals surface area (Å²) < 4.78 is 0. The molecule has 16 heavy (non-hydrogen) atoms. The number of likely N-dealkylation sites (tertiary alicyclic amines) is 1. The van der Waals surface area contributed by atoms with Gasteiger partial charge in [0.1, 0.15) is 0 Å². The molecule has 1 heterocycles. The van der Waals surface area contributed by atoms with Crippen LogP contribution in [0.5, 0.6) is 0 Å². The second-order valence-corrected chi connectivity index (χ2v) is 4.88. The van der Waals surface area contributed by atoms with Crippen LogP contribution < -0.4 is 5.73 Å². The molecule has 0 radical (unpaired) electrons. The highest BCUT2D eigenvalue weighted by Gasteiger charge is 2.44. The third kappa shape index (κ3) is 2.12. The minimum atomic E-state index is 0.0755. The minimum absolute atomic E-state index is 0.0755. The molecule has 1 saturated carbocycles. The molecule has 0 aromatic heterocycles. The van der Waals surface area contributed by atoms with E-state index in [0.29, 0.717) is 13.1 Å². The van der Waals surface area contributed by atoms with Gasteiger partial charge < -0.3 is 5.73 Å². The molecule has 2 aliphatic rings. The van der Waals surface area contributed by atoms with Gasteiger partial charge in [-0.15, -0.1) is 0 Å². The molecule has 0 spiro atoms. The van der Waals surface area contributed by atoms with Crippen LogP contribution in [0.3, 0.4) is 0 Å². The molecule has 2 amide bonds. The van der Waals surface area contributed by atoms with Gasteiger partial charge in [-0.05, 0) is 38.6 Å². The van der Waals surface area contributed by atoms with Crippen molar-refractivity contribution in [3.05, 3.63) is 0 Å². The van der Waals surface area contributed by atoms with Crippen LogP contribution in [-0.4, -0.2) is 29.8 Å². The van der Waals surface area contributed by atoms with E-state index in [1.165, 1.54) is 4.90 Å². The van der Waals surface area contributed by atoms with Crippen molar-refractivity contribution < 1.29 is 9.59 Å². The van der Waals surface area contributed by atoms with Gasteiger partial charge >= 0.3 is 0 Å². The molecule has 2 rings (SSSR count). The summed E-state index contributed by atoms with van der Waals surface area (Å²) in [5.74, 6) is 0.424. The van der Waals surface area contributed by atoms with Crippen molar-refractivity contribution in [1.82, 2.24) is 4.90 Å². The predicted molar refractivity (Wildman–Crippen MR) is 60.5 cm³/mol. The molecule has 4 heteroatoms. The normalized spacial score (nSPS) is 28.9. The van der Waals surface area contributed by atoms with Crippen molar-refractivity contribution in [2.24, 2.45) is 17.6 Å². The van der Waals surface area contributed by atoms with E-state index in [-0.39, 0.29) is 23.7 Å². The molecule has 0 aromatic carbocycles. The highest BCUT2D eigenvalue weighted by molar-refractivity contribution is 6.00. The Morgan fingerprint density at radius 2 is 1.69 bits per heavy atom. The number of carbonyl (C=O) groups excluding carboxylic acids is 2. The maximum atomic E-state index is 11.9. The van der Waals surface area contributed by atoms with Gasteiger partial charge in [-0.1, -0.05) is 6.42 Å². The monoisotopic (exact) mass is 224 g/mol. The van der Waals surface area contributed by atoms with Crippen LogP contribution in [0.1, 0.15) is 38.5 Å². The van der Waals surface area contributed by atoms with Gasteiger partial charge in [0.05, 0.1) is 0 Å². The van der Waals surface area contributed by atoms with Crippen LogP contribution >= 0.6 is 0 Å².